The molecule has 0 amide bonds. The zero-order chi connectivity index (χ0) is 14.0. The van der Waals surface area contributed by atoms with E-state index in [9.17, 15) is 9.50 Å². The minimum atomic E-state index is -0.734. The van der Waals surface area contributed by atoms with Crippen LogP contribution in [0.25, 0.3) is 0 Å². The van der Waals surface area contributed by atoms with Gasteiger partial charge in [-0.3, -0.25) is 0 Å². The van der Waals surface area contributed by atoms with Crippen LogP contribution in [0.5, 0.6) is 0 Å². The molecule has 2 rings (SSSR count). The van der Waals surface area contributed by atoms with E-state index in [-0.39, 0.29) is 11.9 Å². The van der Waals surface area contributed by atoms with E-state index >= 15 is 0 Å². The minimum Gasteiger partial charge on any atom is -0.388 e. The second kappa shape index (κ2) is 6.18. The molecule has 0 bridgehead atoms. The van der Waals surface area contributed by atoms with Crippen LogP contribution in [0.3, 0.4) is 0 Å². The molecule has 1 aromatic carbocycles. The SMILES string of the molecule is CN1CCN(C)C(CC(O)c2cc(F)ccc2Cl)C1. The summed E-state index contributed by atoms with van der Waals surface area (Å²) < 4.78 is 13.2. The maximum atomic E-state index is 13.2. The average molecular weight is 287 g/mol. The summed E-state index contributed by atoms with van der Waals surface area (Å²) in [5.74, 6) is -0.368. The Morgan fingerprint density at radius 2 is 2.16 bits per heavy atom. The molecule has 1 aliphatic heterocycles. The smallest absolute Gasteiger partial charge is 0.123 e. The molecule has 0 spiro atoms. The van der Waals surface area contributed by atoms with Gasteiger partial charge in [-0.05, 0) is 38.7 Å². The fourth-order valence-electron chi connectivity index (χ4n) is 2.51. The van der Waals surface area contributed by atoms with Crippen molar-refractivity contribution in [2.75, 3.05) is 33.7 Å². The largest absolute Gasteiger partial charge is 0.388 e. The molecule has 5 heteroatoms. The molecule has 1 heterocycles. The van der Waals surface area contributed by atoms with Crippen LogP contribution in [0.2, 0.25) is 5.02 Å². The predicted molar refractivity (Wildman–Crippen MR) is 74.9 cm³/mol. The number of piperazine rings is 1. The van der Waals surface area contributed by atoms with Crippen molar-refractivity contribution in [3.8, 4) is 0 Å². The van der Waals surface area contributed by atoms with Gasteiger partial charge in [-0.25, -0.2) is 4.39 Å². The van der Waals surface area contributed by atoms with Crippen LogP contribution in [-0.2, 0) is 0 Å². The Morgan fingerprint density at radius 3 is 2.89 bits per heavy atom. The van der Waals surface area contributed by atoms with Crippen molar-refractivity contribution in [2.24, 2.45) is 0 Å². The van der Waals surface area contributed by atoms with Gasteiger partial charge >= 0.3 is 0 Å². The fraction of sp³-hybridized carbons (Fsp3) is 0.571. The summed E-state index contributed by atoms with van der Waals surface area (Å²) >= 11 is 6.02. The predicted octanol–water partition coefficient (Wildman–Crippen LogP) is 2.15. The van der Waals surface area contributed by atoms with Crippen LogP contribution >= 0.6 is 11.6 Å². The molecule has 3 nitrogen and oxygen atoms in total. The molecule has 1 N–H and O–H groups in total. The normalized spacial score (nSPS) is 23.5. The van der Waals surface area contributed by atoms with Crippen LogP contribution in [0, 0.1) is 5.82 Å². The molecule has 2 unspecified atom stereocenters. The highest BCUT2D eigenvalue weighted by molar-refractivity contribution is 6.31. The lowest BCUT2D eigenvalue weighted by molar-refractivity contribution is 0.0634. The van der Waals surface area contributed by atoms with Crippen molar-refractivity contribution >= 4 is 11.6 Å². The Labute approximate surface area is 118 Å². The van der Waals surface area contributed by atoms with Gasteiger partial charge in [0.05, 0.1) is 6.10 Å². The Balaban J connectivity index is 2.07. The third kappa shape index (κ3) is 3.66. The van der Waals surface area contributed by atoms with E-state index in [0.29, 0.717) is 17.0 Å². The summed E-state index contributed by atoms with van der Waals surface area (Å²) in [4.78, 5) is 4.47. The number of aliphatic hydroxyl groups excluding tert-OH is 1. The number of nitrogens with zero attached hydrogens (tertiary/aromatic N) is 2. The number of aliphatic hydroxyl groups is 1. The second-order valence-corrected chi connectivity index (χ2v) is 5.72. The van der Waals surface area contributed by atoms with E-state index in [0.717, 1.165) is 19.6 Å². The topological polar surface area (TPSA) is 26.7 Å². The average Bonchev–Trinajstić information content (AvgIpc) is 2.36. The summed E-state index contributed by atoms with van der Waals surface area (Å²) in [5, 5.41) is 10.7. The van der Waals surface area contributed by atoms with Gasteiger partial charge in [-0.1, -0.05) is 11.6 Å². The summed E-state index contributed by atoms with van der Waals surface area (Å²) in [6.45, 7) is 2.91. The molecule has 1 aromatic rings. The van der Waals surface area contributed by atoms with E-state index in [1.807, 2.05) is 0 Å². The lowest BCUT2D eigenvalue weighted by atomic mass is 9.99. The zero-order valence-corrected chi connectivity index (χ0v) is 12.1. The summed E-state index contributed by atoms with van der Waals surface area (Å²) in [7, 11) is 4.12. The lowest BCUT2D eigenvalue weighted by Gasteiger charge is -2.38. The van der Waals surface area contributed by atoms with Crippen molar-refractivity contribution in [3.63, 3.8) is 0 Å². The number of likely N-dealkylation sites (N-methyl/N-ethyl adjacent to an activating group) is 2. The quantitative estimate of drug-likeness (QED) is 0.922. The third-order valence-corrected chi connectivity index (χ3v) is 4.14. The number of hydrogen-bond donors (Lipinski definition) is 1. The molecular formula is C14H20ClFN2O. The molecule has 0 aromatic heterocycles. The molecule has 1 fully saturated rings. The van der Waals surface area contributed by atoms with Crippen LogP contribution in [0.4, 0.5) is 4.39 Å². The van der Waals surface area contributed by atoms with Crippen molar-refractivity contribution in [1.82, 2.24) is 9.80 Å². The molecule has 19 heavy (non-hydrogen) atoms. The van der Waals surface area contributed by atoms with Crippen LogP contribution in [-0.4, -0.2) is 54.7 Å². The monoisotopic (exact) mass is 286 g/mol. The van der Waals surface area contributed by atoms with Gasteiger partial charge in [0.15, 0.2) is 0 Å². The van der Waals surface area contributed by atoms with Crippen LogP contribution in [0.15, 0.2) is 18.2 Å². The van der Waals surface area contributed by atoms with Crippen LogP contribution < -0.4 is 0 Å². The van der Waals surface area contributed by atoms with Gasteiger partial charge < -0.3 is 14.9 Å². The molecule has 106 valence electrons. The Kier molecular flexibility index (Phi) is 4.79. The first-order valence-corrected chi connectivity index (χ1v) is 6.87. The van der Waals surface area contributed by atoms with Gasteiger partial charge in [-0.2, -0.15) is 0 Å². The highest BCUT2D eigenvalue weighted by Gasteiger charge is 2.26. The minimum absolute atomic E-state index is 0.257. The first-order valence-electron chi connectivity index (χ1n) is 6.49. The molecule has 1 saturated heterocycles. The molecule has 0 aliphatic carbocycles. The van der Waals surface area contributed by atoms with Gasteiger partial charge in [0.25, 0.3) is 0 Å². The standard InChI is InChI=1S/C14H20ClFN2O/c1-17-5-6-18(2)11(9-17)8-14(19)12-7-10(16)3-4-13(12)15/h3-4,7,11,14,19H,5-6,8-9H2,1-2H3. The van der Waals surface area contributed by atoms with Gasteiger partial charge in [-0.15, -0.1) is 0 Å². The molecular weight excluding hydrogens is 267 g/mol. The number of hydrogen-bond acceptors (Lipinski definition) is 3. The van der Waals surface area contributed by atoms with Gasteiger partial charge in [0, 0.05) is 36.3 Å². The first kappa shape index (κ1) is 14.7. The molecule has 0 radical (unpaired) electrons. The third-order valence-electron chi connectivity index (χ3n) is 3.79. The maximum absolute atomic E-state index is 13.2. The Hall–Kier alpha value is -0.680. The molecule has 2 atom stereocenters. The molecule has 1 aliphatic rings. The number of halogens is 2. The van der Waals surface area contributed by atoms with Gasteiger partial charge in [0.2, 0.25) is 0 Å². The zero-order valence-electron chi connectivity index (χ0n) is 11.3. The highest BCUT2D eigenvalue weighted by Crippen LogP contribution is 2.28. The fourth-order valence-corrected chi connectivity index (χ4v) is 2.75. The van der Waals surface area contributed by atoms with E-state index in [1.54, 1.807) is 0 Å². The number of rotatable bonds is 3. The van der Waals surface area contributed by atoms with E-state index in [1.165, 1.54) is 18.2 Å². The van der Waals surface area contributed by atoms with Crippen molar-refractivity contribution in [3.05, 3.63) is 34.6 Å². The van der Waals surface area contributed by atoms with Crippen LogP contribution in [0.1, 0.15) is 18.1 Å². The van der Waals surface area contributed by atoms with E-state index in [2.05, 4.69) is 23.9 Å². The van der Waals surface area contributed by atoms with Crippen molar-refractivity contribution < 1.29 is 9.50 Å². The Morgan fingerprint density at radius 1 is 1.42 bits per heavy atom. The van der Waals surface area contributed by atoms with Crippen molar-refractivity contribution in [2.45, 2.75) is 18.6 Å². The highest BCUT2D eigenvalue weighted by atomic mass is 35.5. The first-order chi connectivity index (χ1) is 8.97. The van der Waals surface area contributed by atoms with E-state index < -0.39 is 6.10 Å². The number of benzene rings is 1. The van der Waals surface area contributed by atoms with Crippen molar-refractivity contribution in [1.29, 1.82) is 0 Å². The molecule has 0 saturated carbocycles. The summed E-state index contributed by atoms with van der Waals surface area (Å²) in [6, 6.07) is 4.37. The maximum Gasteiger partial charge on any atom is 0.123 e. The lowest BCUT2D eigenvalue weighted by Crippen LogP contribution is -2.50. The Bertz CT molecular complexity index is 443. The van der Waals surface area contributed by atoms with E-state index in [4.69, 9.17) is 11.6 Å². The summed E-state index contributed by atoms with van der Waals surface area (Å²) in [5.41, 5.74) is 0.475. The van der Waals surface area contributed by atoms with Gasteiger partial charge in [0.1, 0.15) is 5.82 Å². The summed E-state index contributed by atoms with van der Waals surface area (Å²) in [6.07, 6.45) is -0.175. The second-order valence-electron chi connectivity index (χ2n) is 5.31.